The lowest BCUT2D eigenvalue weighted by Crippen LogP contribution is -2.57. The van der Waals surface area contributed by atoms with E-state index in [2.05, 4.69) is 20.9 Å². The maximum Gasteiger partial charge on any atom is 0.326 e. The Labute approximate surface area is 178 Å². The van der Waals surface area contributed by atoms with Gasteiger partial charge in [0, 0.05) is 13.0 Å². The molecule has 0 aromatic heterocycles. The molecule has 3 atom stereocenters. The minimum absolute atomic E-state index is 0.0878. The average molecular weight is 446 g/mol. The van der Waals surface area contributed by atoms with Gasteiger partial charge in [-0.25, -0.2) is 4.79 Å². The molecular weight excluding hydrogens is 416 g/mol. The first kappa shape index (κ1) is 27.5. The van der Waals surface area contributed by atoms with Crippen molar-refractivity contribution in [1.29, 1.82) is 0 Å². The third-order valence-corrected chi connectivity index (χ3v) is 3.89. The number of carboxylic acid groups (broad SMARTS) is 1. The average Bonchev–Trinajstić information content (AvgIpc) is 2.70. The standard InChI is InChI=1S/C16H30N8O7/c17-6-12(27)22-8(2-1-5-21-16(19)20)13(28)24-10(7-25)14(29)23-9(15(30)31)3-4-11(18)26/h8-10,25H,1-7,17H2,(H2,18,26)(H,22,27)(H,23,29)(H,24,28)(H,30,31)(H4,19,20,21). The molecule has 15 nitrogen and oxygen atoms in total. The Kier molecular flexibility index (Phi) is 12.9. The van der Waals surface area contributed by atoms with Crippen molar-refractivity contribution >= 4 is 35.6 Å². The van der Waals surface area contributed by atoms with Gasteiger partial charge >= 0.3 is 5.97 Å². The van der Waals surface area contributed by atoms with Crippen molar-refractivity contribution < 1.29 is 34.2 Å². The largest absolute Gasteiger partial charge is 0.480 e. The van der Waals surface area contributed by atoms with Crippen molar-refractivity contribution in [3.8, 4) is 0 Å². The van der Waals surface area contributed by atoms with Gasteiger partial charge in [-0.1, -0.05) is 0 Å². The lowest BCUT2D eigenvalue weighted by Gasteiger charge is -2.23. The van der Waals surface area contributed by atoms with Crippen LogP contribution in [0.4, 0.5) is 0 Å². The Bertz CT molecular complexity index is 681. The van der Waals surface area contributed by atoms with E-state index in [1.807, 2.05) is 0 Å². The molecule has 0 radical (unpaired) electrons. The quantitative estimate of drug-likeness (QED) is 0.0654. The molecule has 0 bridgehead atoms. The van der Waals surface area contributed by atoms with E-state index < -0.39 is 54.3 Å². The van der Waals surface area contributed by atoms with Gasteiger partial charge in [0.15, 0.2) is 5.96 Å². The molecule has 4 amide bonds. The molecule has 0 heterocycles. The van der Waals surface area contributed by atoms with Crippen molar-refractivity contribution in [2.45, 2.75) is 43.8 Å². The number of hydrogen-bond donors (Lipinski definition) is 9. The number of amides is 4. The van der Waals surface area contributed by atoms with Gasteiger partial charge in [-0.15, -0.1) is 0 Å². The number of hydrogen-bond acceptors (Lipinski definition) is 8. The van der Waals surface area contributed by atoms with Crippen LogP contribution in [0.5, 0.6) is 0 Å². The summed E-state index contributed by atoms with van der Waals surface area (Å²) < 4.78 is 0. The van der Waals surface area contributed by atoms with E-state index >= 15 is 0 Å². The smallest absolute Gasteiger partial charge is 0.326 e. The van der Waals surface area contributed by atoms with Gasteiger partial charge in [0.05, 0.1) is 13.2 Å². The molecule has 0 aliphatic carbocycles. The Balaban J connectivity index is 5.11. The van der Waals surface area contributed by atoms with Gasteiger partial charge in [-0.3, -0.25) is 24.2 Å². The van der Waals surface area contributed by atoms with Crippen LogP contribution in [0.15, 0.2) is 4.99 Å². The van der Waals surface area contributed by atoms with E-state index in [0.29, 0.717) is 6.42 Å². The first-order valence-electron chi connectivity index (χ1n) is 9.29. The molecule has 0 fully saturated rings. The number of aliphatic hydroxyl groups is 1. The maximum atomic E-state index is 12.5. The van der Waals surface area contributed by atoms with Gasteiger partial charge in [-0.05, 0) is 19.3 Å². The number of guanidine groups is 1. The number of nitrogens with one attached hydrogen (secondary N) is 3. The highest BCUT2D eigenvalue weighted by Crippen LogP contribution is 2.02. The number of nitrogens with zero attached hydrogens (tertiary/aromatic N) is 1. The van der Waals surface area contributed by atoms with Crippen LogP contribution >= 0.6 is 0 Å². The fraction of sp³-hybridized carbons (Fsp3) is 0.625. The third-order valence-electron chi connectivity index (χ3n) is 3.89. The van der Waals surface area contributed by atoms with Crippen LogP contribution in [-0.2, 0) is 24.0 Å². The first-order valence-corrected chi connectivity index (χ1v) is 9.29. The van der Waals surface area contributed by atoms with E-state index in [9.17, 15) is 29.1 Å². The second-order valence-electron chi connectivity index (χ2n) is 6.42. The van der Waals surface area contributed by atoms with Crippen LogP contribution < -0.4 is 38.9 Å². The zero-order valence-corrected chi connectivity index (χ0v) is 16.9. The fourth-order valence-electron chi connectivity index (χ4n) is 2.31. The van der Waals surface area contributed by atoms with Crippen LogP contribution in [-0.4, -0.2) is 83.6 Å². The van der Waals surface area contributed by atoms with Gasteiger partial charge in [0.1, 0.15) is 18.1 Å². The van der Waals surface area contributed by atoms with Crippen LogP contribution in [0, 0.1) is 0 Å². The number of aliphatic imine (C=N–C) groups is 1. The van der Waals surface area contributed by atoms with Gasteiger partial charge in [0.2, 0.25) is 23.6 Å². The summed E-state index contributed by atoms with van der Waals surface area (Å²) in [5.41, 5.74) is 20.6. The van der Waals surface area contributed by atoms with Crippen molar-refractivity contribution in [1.82, 2.24) is 16.0 Å². The normalized spacial score (nSPS) is 13.2. The number of carbonyl (C=O) groups excluding carboxylic acids is 4. The number of rotatable bonds is 15. The zero-order valence-electron chi connectivity index (χ0n) is 16.9. The maximum absolute atomic E-state index is 12.5. The van der Waals surface area contributed by atoms with Crippen LogP contribution in [0.2, 0.25) is 0 Å². The molecule has 15 heteroatoms. The molecule has 176 valence electrons. The second kappa shape index (κ2) is 14.5. The van der Waals surface area contributed by atoms with E-state index in [0.717, 1.165) is 0 Å². The summed E-state index contributed by atoms with van der Waals surface area (Å²) in [6.45, 7) is -1.07. The molecule has 0 saturated heterocycles. The number of aliphatic carboxylic acids is 1. The number of carboxylic acids is 1. The lowest BCUT2D eigenvalue weighted by atomic mass is 10.1. The molecule has 3 unspecified atom stereocenters. The Hall–Kier alpha value is -3.46. The van der Waals surface area contributed by atoms with Crippen molar-refractivity contribution in [3.63, 3.8) is 0 Å². The summed E-state index contributed by atoms with van der Waals surface area (Å²) in [6.07, 6.45) is -0.186. The number of nitrogens with two attached hydrogens (primary N) is 4. The molecule has 0 rings (SSSR count). The summed E-state index contributed by atoms with van der Waals surface area (Å²) >= 11 is 0. The molecular formula is C16H30N8O7. The van der Waals surface area contributed by atoms with Crippen molar-refractivity contribution in [3.05, 3.63) is 0 Å². The van der Waals surface area contributed by atoms with Gasteiger partial charge in [-0.2, -0.15) is 0 Å². The summed E-state index contributed by atoms with van der Waals surface area (Å²) in [4.78, 5) is 62.2. The highest BCUT2D eigenvalue weighted by Gasteiger charge is 2.29. The SMILES string of the molecule is NCC(=O)NC(CCCN=C(N)N)C(=O)NC(CO)C(=O)NC(CCC(N)=O)C(=O)O. The predicted molar refractivity (Wildman–Crippen MR) is 108 cm³/mol. The fourth-order valence-corrected chi connectivity index (χ4v) is 2.31. The summed E-state index contributed by atoms with van der Waals surface area (Å²) in [5.74, 6) is -4.78. The van der Waals surface area contributed by atoms with E-state index in [1.54, 1.807) is 0 Å². The molecule has 0 saturated carbocycles. The van der Waals surface area contributed by atoms with Crippen LogP contribution in [0.1, 0.15) is 25.7 Å². The number of carbonyl (C=O) groups is 5. The Morgan fingerprint density at radius 2 is 1.45 bits per heavy atom. The number of aliphatic hydroxyl groups excluding tert-OH is 1. The molecule has 0 aromatic carbocycles. The summed E-state index contributed by atoms with van der Waals surface area (Å²) in [6, 6.07) is -4.09. The topological polar surface area (TPSA) is 278 Å². The van der Waals surface area contributed by atoms with E-state index in [1.165, 1.54) is 0 Å². The minimum Gasteiger partial charge on any atom is -0.480 e. The lowest BCUT2D eigenvalue weighted by molar-refractivity contribution is -0.143. The summed E-state index contributed by atoms with van der Waals surface area (Å²) in [5, 5.41) is 25.3. The van der Waals surface area contributed by atoms with Crippen molar-refractivity contribution in [2.75, 3.05) is 19.7 Å². The minimum atomic E-state index is -1.52. The highest BCUT2D eigenvalue weighted by atomic mass is 16.4. The van der Waals surface area contributed by atoms with E-state index in [4.69, 9.17) is 28.0 Å². The third kappa shape index (κ3) is 12.0. The molecule has 13 N–H and O–H groups in total. The Morgan fingerprint density at radius 3 is 1.94 bits per heavy atom. The first-order chi connectivity index (χ1) is 14.5. The van der Waals surface area contributed by atoms with E-state index in [-0.39, 0.29) is 38.3 Å². The van der Waals surface area contributed by atoms with Gasteiger partial charge in [0.25, 0.3) is 0 Å². The molecule has 0 aliphatic rings. The summed E-state index contributed by atoms with van der Waals surface area (Å²) in [7, 11) is 0. The van der Waals surface area contributed by atoms with Crippen LogP contribution in [0.25, 0.3) is 0 Å². The molecule has 0 aromatic rings. The Morgan fingerprint density at radius 1 is 0.871 bits per heavy atom. The second-order valence-corrected chi connectivity index (χ2v) is 6.42. The van der Waals surface area contributed by atoms with Gasteiger partial charge < -0.3 is 49.1 Å². The monoisotopic (exact) mass is 446 g/mol. The molecule has 0 aliphatic heterocycles. The molecule has 0 spiro atoms. The van der Waals surface area contributed by atoms with Crippen LogP contribution in [0.3, 0.4) is 0 Å². The number of primary amides is 1. The highest BCUT2D eigenvalue weighted by molar-refractivity contribution is 5.93. The molecule has 31 heavy (non-hydrogen) atoms. The van der Waals surface area contributed by atoms with Crippen molar-refractivity contribution in [2.24, 2.45) is 27.9 Å². The zero-order chi connectivity index (χ0) is 24.0. The predicted octanol–water partition coefficient (Wildman–Crippen LogP) is -5.20.